The number of carbonyl (C=O) groups excluding carboxylic acids is 1. The standard InChI is InChI=1S/C29H30F2N4O3/c1-17-9-7-10-18(2)25(17)23-15-20(13-14-24(23)38-6)27-32-19(3)26(35(27)37)28(36)33-22-12-8-11-21(16-22)29(30,31)34(4)5/h7-16,37H,1-6H3,(H,33,36)/p+1. The van der Waals surface area contributed by atoms with Crippen LogP contribution in [0.15, 0.2) is 60.7 Å². The van der Waals surface area contributed by atoms with Crippen molar-refractivity contribution in [3.8, 4) is 28.3 Å². The first-order valence-corrected chi connectivity index (χ1v) is 12.0. The first-order valence-electron chi connectivity index (χ1n) is 12.0. The predicted molar refractivity (Wildman–Crippen MR) is 142 cm³/mol. The highest BCUT2D eigenvalue weighted by Gasteiger charge is 2.35. The highest BCUT2D eigenvalue weighted by Crippen LogP contribution is 2.37. The number of hydrogen-bond acceptors (Lipinski definition) is 4. The van der Waals surface area contributed by atoms with E-state index in [1.165, 1.54) is 38.4 Å². The van der Waals surface area contributed by atoms with Crippen molar-refractivity contribution in [3.05, 3.63) is 88.7 Å². The highest BCUT2D eigenvalue weighted by atomic mass is 19.3. The highest BCUT2D eigenvalue weighted by molar-refractivity contribution is 6.02. The second kappa shape index (κ2) is 10.3. The number of aromatic nitrogens is 2. The predicted octanol–water partition coefficient (Wildman–Crippen LogP) is 5.67. The molecule has 0 saturated heterocycles. The zero-order chi connectivity index (χ0) is 27.8. The fraction of sp³-hybridized carbons (Fsp3) is 0.241. The summed E-state index contributed by atoms with van der Waals surface area (Å²) < 4.78 is 35.3. The SMILES string of the molecule is COc1ccc(-c2[nH]c(C)c(C(=O)Nc3cccc(C(F)(F)N(C)C)c3)[n+]2O)cc1-c1c(C)cccc1C. The number of amides is 1. The van der Waals surface area contributed by atoms with Gasteiger partial charge in [-0.3, -0.25) is 4.79 Å². The summed E-state index contributed by atoms with van der Waals surface area (Å²) in [5.41, 5.74) is 4.90. The van der Waals surface area contributed by atoms with E-state index in [1.54, 1.807) is 20.1 Å². The molecule has 1 amide bonds. The molecule has 0 saturated carbocycles. The number of alkyl halides is 2. The number of halogens is 2. The maximum Gasteiger partial charge on any atom is 0.331 e. The lowest BCUT2D eigenvalue weighted by molar-refractivity contribution is -0.896. The number of H-pyrrole nitrogens is 1. The average Bonchev–Trinajstić information content (AvgIpc) is 3.17. The molecule has 1 aromatic heterocycles. The Morgan fingerprint density at radius 3 is 2.32 bits per heavy atom. The van der Waals surface area contributed by atoms with E-state index in [9.17, 15) is 18.8 Å². The number of rotatable bonds is 7. The second-order valence-electron chi connectivity index (χ2n) is 9.41. The molecule has 0 bridgehead atoms. The molecule has 0 spiro atoms. The van der Waals surface area contributed by atoms with Crippen molar-refractivity contribution in [2.24, 2.45) is 0 Å². The molecule has 0 aliphatic rings. The Morgan fingerprint density at radius 1 is 1.03 bits per heavy atom. The number of aryl methyl sites for hydroxylation is 3. The van der Waals surface area contributed by atoms with Crippen molar-refractivity contribution in [3.63, 3.8) is 0 Å². The van der Waals surface area contributed by atoms with E-state index in [4.69, 9.17) is 4.74 Å². The summed E-state index contributed by atoms with van der Waals surface area (Å²) in [6.45, 7) is 5.69. The van der Waals surface area contributed by atoms with Crippen LogP contribution in [-0.4, -0.2) is 42.2 Å². The number of imidazole rings is 1. The van der Waals surface area contributed by atoms with Crippen molar-refractivity contribution < 1.29 is 28.2 Å². The van der Waals surface area contributed by atoms with Gasteiger partial charge in [-0.2, -0.15) is 8.78 Å². The maximum absolute atomic E-state index is 14.5. The van der Waals surface area contributed by atoms with E-state index in [0.717, 1.165) is 31.9 Å². The van der Waals surface area contributed by atoms with Gasteiger partial charge in [0, 0.05) is 23.7 Å². The van der Waals surface area contributed by atoms with Gasteiger partial charge in [-0.15, -0.1) is 0 Å². The molecular formula is C29H31F2N4O3+. The van der Waals surface area contributed by atoms with Crippen LogP contribution in [0.25, 0.3) is 22.5 Å². The van der Waals surface area contributed by atoms with Crippen LogP contribution in [0.1, 0.15) is 32.9 Å². The molecule has 7 nitrogen and oxygen atoms in total. The lowest BCUT2D eigenvalue weighted by Crippen LogP contribution is -2.39. The molecule has 0 radical (unpaired) electrons. The van der Waals surface area contributed by atoms with Gasteiger partial charge >= 0.3 is 17.8 Å². The molecule has 3 N–H and O–H groups in total. The van der Waals surface area contributed by atoms with Gasteiger partial charge in [0.25, 0.3) is 5.69 Å². The van der Waals surface area contributed by atoms with Crippen LogP contribution in [0.5, 0.6) is 5.75 Å². The van der Waals surface area contributed by atoms with Crippen LogP contribution in [0.2, 0.25) is 0 Å². The number of nitrogens with zero attached hydrogens (tertiary/aromatic N) is 2. The van der Waals surface area contributed by atoms with Gasteiger partial charge in [-0.05, 0) is 79.7 Å². The molecule has 0 aliphatic carbocycles. The summed E-state index contributed by atoms with van der Waals surface area (Å²) in [4.78, 5) is 17.0. The number of benzene rings is 3. The molecule has 3 aromatic carbocycles. The number of carbonyl (C=O) groups is 1. The van der Waals surface area contributed by atoms with Crippen molar-refractivity contribution in [1.29, 1.82) is 0 Å². The number of methoxy groups -OCH3 is 1. The van der Waals surface area contributed by atoms with Crippen LogP contribution in [0.3, 0.4) is 0 Å². The minimum absolute atomic E-state index is 0.0470. The summed E-state index contributed by atoms with van der Waals surface area (Å²) in [7, 11) is 4.15. The van der Waals surface area contributed by atoms with Gasteiger partial charge in [-0.25, -0.2) is 9.88 Å². The Labute approximate surface area is 220 Å². The maximum atomic E-state index is 14.5. The fourth-order valence-corrected chi connectivity index (χ4v) is 4.54. The molecule has 38 heavy (non-hydrogen) atoms. The average molecular weight is 522 g/mol. The quantitative estimate of drug-likeness (QED) is 0.166. The van der Waals surface area contributed by atoms with E-state index in [2.05, 4.69) is 10.3 Å². The molecule has 198 valence electrons. The van der Waals surface area contributed by atoms with Crippen LogP contribution in [0.4, 0.5) is 14.5 Å². The Kier molecular flexibility index (Phi) is 7.24. The summed E-state index contributed by atoms with van der Waals surface area (Å²) in [6.07, 6.45) is 0. The number of hydrogen-bond donors (Lipinski definition) is 3. The van der Waals surface area contributed by atoms with Gasteiger partial charge in [0.1, 0.15) is 5.75 Å². The van der Waals surface area contributed by atoms with E-state index >= 15 is 0 Å². The second-order valence-corrected chi connectivity index (χ2v) is 9.41. The van der Waals surface area contributed by atoms with E-state index < -0.39 is 12.0 Å². The molecule has 4 rings (SSSR count). The molecule has 1 heterocycles. The zero-order valence-electron chi connectivity index (χ0n) is 22.2. The smallest absolute Gasteiger partial charge is 0.331 e. The van der Waals surface area contributed by atoms with Crippen molar-refractivity contribution in [1.82, 2.24) is 9.88 Å². The minimum Gasteiger partial charge on any atom is -0.496 e. The molecule has 0 aliphatic heterocycles. The minimum atomic E-state index is -3.21. The fourth-order valence-electron chi connectivity index (χ4n) is 4.54. The third-order valence-electron chi connectivity index (χ3n) is 6.55. The van der Waals surface area contributed by atoms with Crippen LogP contribution in [-0.2, 0) is 6.05 Å². The van der Waals surface area contributed by atoms with E-state index in [-0.39, 0.29) is 22.8 Å². The Bertz CT molecular complexity index is 1490. The van der Waals surface area contributed by atoms with Gasteiger partial charge in [-0.1, -0.05) is 30.3 Å². The molecular weight excluding hydrogens is 490 g/mol. The number of ether oxygens (including phenoxy) is 1. The largest absolute Gasteiger partial charge is 0.496 e. The summed E-state index contributed by atoms with van der Waals surface area (Å²) in [5.74, 6) is 0.309. The van der Waals surface area contributed by atoms with Crippen LogP contribution >= 0.6 is 0 Å². The van der Waals surface area contributed by atoms with Crippen molar-refractivity contribution in [2.75, 3.05) is 26.5 Å². The van der Waals surface area contributed by atoms with Gasteiger partial charge in [0.2, 0.25) is 0 Å². The lowest BCUT2D eigenvalue weighted by Gasteiger charge is -2.24. The van der Waals surface area contributed by atoms with Gasteiger partial charge < -0.3 is 15.3 Å². The van der Waals surface area contributed by atoms with E-state index in [0.29, 0.717) is 17.0 Å². The van der Waals surface area contributed by atoms with Crippen molar-refractivity contribution in [2.45, 2.75) is 26.8 Å². The van der Waals surface area contributed by atoms with Crippen molar-refractivity contribution >= 4 is 11.6 Å². The molecule has 9 heteroatoms. The Morgan fingerprint density at radius 2 is 1.68 bits per heavy atom. The number of nitrogens with one attached hydrogen (secondary N) is 2. The normalized spacial score (nSPS) is 11.6. The number of aromatic amines is 1. The van der Waals surface area contributed by atoms with Crippen LogP contribution in [0, 0.1) is 20.8 Å². The number of anilines is 1. The summed E-state index contributed by atoms with van der Waals surface area (Å²) in [6, 6.07) is 13.7. The Balaban J connectivity index is 1.71. The summed E-state index contributed by atoms with van der Waals surface area (Å²) >= 11 is 0. The van der Waals surface area contributed by atoms with Gasteiger partial charge in [0.15, 0.2) is 5.69 Å². The molecule has 0 fully saturated rings. The Hall–Kier alpha value is -4.24. The third-order valence-corrected chi connectivity index (χ3v) is 6.55. The molecule has 0 atom stereocenters. The molecule has 0 unspecified atom stereocenters. The third kappa shape index (κ3) is 4.84. The monoisotopic (exact) mass is 521 g/mol. The topological polar surface area (TPSA) is 81.5 Å². The first-order chi connectivity index (χ1) is 17.9. The lowest BCUT2D eigenvalue weighted by atomic mass is 9.93. The zero-order valence-corrected chi connectivity index (χ0v) is 22.2. The van der Waals surface area contributed by atoms with Gasteiger partial charge in [0.05, 0.1) is 12.7 Å². The van der Waals surface area contributed by atoms with E-state index in [1.807, 2.05) is 44.2 Å². The summed E-state index contributed by atoms with van der Waals surface area (Å²) in [5, 5.41) is 13.6. The first kappa shape index (κ1) is 26.8. The van der Waals surface area contributed by atoms with Crippen LogP contribution < -0.4 is 14.8 Å². The molecule has 4 aromatic rings.